The Labute approximate surface area is 146 Å². The fourth-order valence-electron chi connectivity index (χ4n) is 2.36. The Balaban J connectivity index is 1.42. The van der Waals surface area contributed by atoms with Gasteiger partial charge in [-0.2, -0.15) is 0 Å². The molecule has 0 aliphatic carbocycles. The predicted octanol–water partition coefficient (Wildman–Crippen LogP) is 2.19. The van der Waals surface area contributed by atoms with Gasteiger partial charge in [0.05, 0.1) is 0 Å². The molecule has 0 radical (unpaired) electrons. The highest BCUT2D eigenvalue weighted by molar-refractivity contribution is 7.82. The first kappa shape index (κ1) is 16.3. The molecule has 5 nitrogen and oxygen atoms in total. The lowest BCUT2D eigenvalue weighted by Crippen LogP contribution is -2.39. The van der Waals surface area contributed by atoms with Crippen LogP contribution in [-0.2, 0) is 17.8 Å². The van der Waals surface area contributed by atoms with Crippen molar-refractivity contribution >= 4 is 23.1 Å². The van der Waals surface area contributed by atoms with Gasteiger partial charge in [-0.15, -0.1) is 0 Å². The van der Waals surface area contributed by atoms with Crippen molar-refractivity contribution in [1.82, 2.24) is 10.6 Å². The Morgan fingerprint density at radius 2 is 1.79 bits per heavy atom. The van der Waals surface area contributed by atoms with Crippen molar-refractivity contribution in [2.24, 2.45) is 0 Å². The van der Waals surface area contributed by atoms with E-state index in [-0.39, 0.29) is 17.7 Å². The first-order valence-corrected chi connectivity index (χ1v) is 8.12. The van der Waals surface area contributed by atoms with Crippen molar-refractivity contribution in [3.05, 3.63) is 59.7 Å². The molecule has 0 saturated heterocycles. The van der Waals surface area contributed by atoms with Crippen LogP contribution in [0.3, 0.4) is 0 Å². The molecule has 2 aromatic carbocycles. The van der Waals surface area contributed by atoms with Gasteiger partial charge in [0.2, 0.25) is 6.79 Å². The molecule has 0 spiro atoms. The lowest BCUT2D eigenvalue weighted by Gasteiger charge is -2.09. The number of rotatable bonds is 5. The third kappa shape index (κ3) is 4.23. The summed E-state index contributed by atoms with van der Waals surface area (Å²) in [5.74, 6) is 1.14. The Morgan fingerprint density at radius 1 is 1.00 bits per heavy atom. The highest BCUT2D eigenvalue weighted by atomic mass is 32.1. The van der Waals surface area contributed by atoms with Gasteiger partial charge in [-0.3, -0.25) is 4.79 Å². The van der Waals surface area contributed by atoms with Gasteiger partial charge in [-0.25, -0.2) is 0 Å². The van der Waals surface area contributed by atoms with E-state index in [9.17, 15) is 4.79 Å². The third-order valence-electron chi connectivity index (χ3n) is 3.64. The molecule has 0 unspecified atom stereocenters. The summed E-state index contributed by atoms with van der Waals surface area (Å²) < 4.78 is 10.6. The molecule has 1 amide bonds. The first-order valence-electron chi connectivity index (χ1n) is 7.71. The summed E-state index contributed by atoms with van der Waals surface area (Å²) >= 11 is 5.12. The summed E-state index contributed by atoms with van der Waals surface area (Å²) in [5, 5.41) is 5.78. The summed E-state index contributed by atoms with van der Waals surface area (Å²) in [6.45, 7) is 1.25. The third-order valence-corrected chi connectivity index (χ3v) is 3.97. The molecule has 1 aliphatic heterocycles. The fourth-order valence-corrected chi connectivity index (χ4v) is 2.53. The highest BCUT2D eigenvalue weighted by Gasteiger charge is 2.14. The minimum Gasteiger partial charge on any atom is -0.454 e. The van der Waals surface area contributed by atoms with E-state index in [1.807, 2.05) is 48.5 Å². The average Bonchev–Trinajstić information content (AvgIpc) is 3.08. The number of hydrogen-bond acceptors (Lipinski definition) is 4. The van der Waals surface area contributed by atoms with Crippen LogP contribution in [-0.4, -0.2) is 24.2 Å². The number of carbonyl (C=O) groups excluding carboxylic acids is 1. The molecule has 0 aromatic heterocycles. The van der Waals surface area contributed by atoms with Crippen molar-refractivity contribution in [1.29, 1.82) is 0 Å². The van der Waals surface area contributed by atoms with Gasteiger partial charge in [0, 0.05) is 13.1 Å². The number of amides is 1. The second-order valence-electron chi connectivity index (χ2n) is 5.36. The van der Waals surface area contributed by atoms with Crippen molar-refractivity contribution in [2.45, 2.75) is 13.0 Å². The normalized spacial score (nSPS) is 11.8. The van der Waals surface area contributed by atoms with Crippen LogP contribution in [0, 0.1) is 0 Å². The molecule has 0 saturated carbocycles. The largest absolute Gasteiger partial charge is 0.454 e. The molecular weight excluding hydrogens is 324 g/mol. The molecule has 24 heavy (non-hydrogen) atoms. The number of hydrogen-bond donors (Lipinski definition) is 2. The monoisotopic (exact) mass is 342 g/mol. The van der Waals surface area contributed by atoms with E-state index in [2.05, 4.69) is 10.6 Å². The molecule has 6 heteroatoms. The standard InChI is InChI=1S/C18H18N2O3S/c21-17(18(24)19-9-8-13-4-2-1-3-5-13)20-11-14-6-7-15-16(10-14)23-12-22-15/h1-7,10H,8-9,11-12H2,(H,19,24)(H,20,21). The van der Waals surface area contributed by atoms with Crippen molar-refractivity contribution in [3.8, 4) is 11.5 Å². The van der Waals surface area contributed by atoms with Gasteiger partial charge in [0.15, 0.2) is 16.5 Å². The summed E-state index contributed by atoms with van der Waals surface area (Å²) in [6.07, 6.45) is 0.816. The number of nitrogens with one attached hydrogen (secondary N) is 2. The van der Waals surface area contributed by atoms with E-state index >= 15 is 0 Å². The van der Waals surface area contributed by atoms with E-state index < -0.39 is 0 Å². The summed E-state index contributed by atoms with van der Waals surface area (Å²) in [5.41, 5.74) is 2.13. The van der Waals surface area contributed by atoms with E-state index in [1.165, 1.54) is 5.56 Å². The molecular formula is C18H18N2O3S. The van der Waals surface area contributed by atoms with Crippen LogP contribution in [0.15, 0.2) is 48.5 Å². The van der Waals surface area contributed by atoms with E-state index in [4.69, 9.17) is 21.7 Å². The molecule has 3 rings (SSSR count). The van der Waals surface area contributed by atoms with Crippen molar-refractivity contribution in [3.63, 3.8) is 0 Å². The minimum atomic E-state index is -0.282. The summed E-state index contributed by atoms with van der Waals surface area (Å²) in [6, 6.07) is 15.6. The molecule has 124 valence electrons. The van der Waals surface area contributed by atoms with Gasteiger partial charge < -0.3 is 20.1 Å². The number of thiocarbonyl (C=S) groups is 1. The number of ether oxygens (including phenoxy) is 2. The maximum atomic E-state index is 12.0. The van der Waals surface area contributed by atoms with Gasteiger partial charge in [0.1, 0.15) is 0 Å². The first-order chi connectivity index (χ1) is 11.7. The second-order valence-corrected chi connectivity index (χ2v) is 5.77. The van der Waals surface area contributed by atoms with Crippen LogP contribution in [0.25, 0.3) is 0 Å². The van der Waals surface area contributed by atoms with Crippen LogP contribution in [0.4, 0.5) is 0 Å². The maximum Gasteiger partial charge on any atom is 0.278 e. The van der Waals surface area contributed by atoms with Gasteiger partial charge in [0.25, 0.3) is 5.91 Å². The Hall–Kier alpha value is -2.60. The van der Waals surface area contributed by atoms with Gasteiger partial charge >= 0.3 is 0 Å². The lowest BCUT2D eigenvalue weighted by molar-refractivity contribution is -0.115. The second kappa shape index (κ2) is 7.79. The van der Waals surface area contributed by atoms with Crippen LogP contribution in [0.5, 0.6) is 11.5 Å². The van der Waals surface area contributed by atoms with E-state index in [1.54, 1.807) is 0 Å². The van der Waals surface area contributed by atoms with Crippen molar-refractivity contribution < 1.29 is 14.3 Å². The zero-order valence-electron chi connectivity index (χ0n) is 13.1. The molecule has 2 N–H and O–H groups in total. The Morgan fingerprint density at radius 3 is 2.62 bits per heavy atom. The van der Waals surface area contributed by atoms with Gasteiger partial charge in [-0.1, -0.05) is 48.6 Å². The van der Waals surface area contributed by atoms with Crippen LogP contribution in [0.2, 0.25) is 0 Å². The highest BCUT2D eigenvalue weighted by Crippen LogP contribution is 2.32. The molecule has 0 bridgehead atoms. The molecule has 1 heterocycles. The van der Waals surface area contributed by atoms with Crippen molar-refractivity contribution in [2.75, 3.05) is 13.3 Å². The zero-order chi connectivity index (χ0) is 16.8. The Bertz CT molecular complexity index is 734. The average molecular weight is 342 g/mol. The maximum absolute atomic E-state index is 12.0. The fraction of sp³-hybridized carbons (Fsp3) is 0.222. The number of fused-ring (bicyclic) bond motifs is 1. The topological polar surface area (TPSA) is 59.6 Å². The molecule has 2 aromatic rings. The quantitative estimate of drug-likeness (QED) is 0.816. The summed E-state index contributed by atoms with van der Waals surface area (Å²) in [4.78, 5) is 12.2. The molecule has 0 fully saturated rings. The van der Waals surface area contributed by atoms with Crippen LogP contribution in [0.1, 0.15) is 11.1 Å². The van der Waals surface area contributed by atoms with Gasteiger partial charge in [-0.05, 0) is 29.7 Å². The molecule has 0 atom stereocenters. The predicted molar refractivity (Wildman–Crippen MR) is 95.2 cm³/mol. The van der Waals surface area contributed by atoms with E-state index in [0.717, 1.165) is 17.7 Å². The SMILES string of the molecule is O=C(NCc1ccc2c(c1)OCO2)C(=S)NCCc1ccccc1. The van der Waals surface area contributed by atoms with E-state index in [0.29, 0.717) is 18.8 Å². The lowest BCUT2D eigenvalue weighted by atomic mass is 10.1. The minimum absolute atomic E-state index is 0.201. The smallest absolute Gasteiger partial charge is 0.278 e. The molecule has 1 aliphatic rings. The summed E-state index contributed by atoms with van der Waals surface area (Å²) in [7, 11) is 0. The number of benzene rings is 2. The number of carbonyl (C=O) groups is 1. The van der Waals surface area contributed by atoms with Crippen LogP contribution >= 0.6 is 12.2 Å². The zero-order valence-corrected chi connectivity index (χ0v) is 13.9. The van der Waals surface area contributed by atoms with Crippen LogP contribution < -0.4 is 20.1 Å². The Kier molecular flexibility index (Phi) is 5.28.